The van der Waals surface area contributed by atoms with Crippen LogP contribution >= 0.6 is 0 Å². The second kappa shape index (κ2) is 12.1. The predicted molar refractivity (Wildman–Crippen MR) is 160 cm³/mol. The summed E-state index contributed by atoms with van der Waals surface area (Å²) in [5.41, 5.74) is 10.2. The third-order valence-corrected chi connectivity index (χ3v) is 8.21. The van der Waals surface area contributed by atoms with Crippen molar-refractivity contribution in [3.63, 3.8) is 0 Å². The van der Waals surface area contributed by atoms with Crippen LogP contribution in [0.4, 0.5) is 11.5 Å². The van der Waals surface area contributed by atoms with Gasteiger partial charge in [0, 0.05) is 54.2 Å². The Balaban J connectivity index is 1.10. The maximum absolute atomic E-state index is 11.7. The summed E-state index contributed by atoms with van der Waals surface area (Å²) < 4.78 is 0. The summed E-state index contributed by atoms with van der Waals surface area (Å²) in [5, 5.41) is 20.1. The zero-order chi connectivity index (χ0) is 28.2. The first-order chi connectivity index (χ1) is 20.0. The Kier molecular flexibility index (Phi) is 7.91. The van der Waals surface area contributed by atoms with Crippen LogP contribution in [0.5, 0.6) is 0 Å². The Labute approximate surface area is 240 Å². The average molecular weight is 552 g/mol. The summed E-state index contributed by atoms with van der Waals surface area (Å²) >= 11 is 0. The maximum Gasteiger partial charge on any atom is 0.248 e. The monoisotopic (exact) mass is 551 g/mol. The highest BCUT2D eigenvalue weighted by Gasteiger charge is 2.29. The number of piperidine rings is 1. The number of pyridine rings is 1. The fourth-order valence-electron chi connectivity index (χ4n) is 6.11. The van der Waals surface area contributed by atoms with Crippen molar-refractivity contribution in [3.05, 3.63) is 72.4 Å². The van der Waals surface area contributed by atoms with E-state index in [1.54, 1.807) is 13.1 Å². The highest BCUT2D eigenvalue weighted by Crippen LogP contribution is 2.28. The standard InChI is InChI=1S/C31H37N9O/c1-39-37-31(36-38-39)21-11-13-26(14-12-21)40-17-5-8-25(20-40)34-27-9-2-3-10-28(27)35-29-19-23(15-16-33-29)22-6-4-7-24(18-22)30(32)41/h4,6-7,11-16,18-19,25,27-28,34H,2-3,5,8-10,17,20H2,1H3,(H2,32,41)(H,33,35). The van der Waals surface area contributed by atoms with E-state index in [0.717, 1.165) is 54.9 Å². The van der Waals surface area contributed by atoms with Crippen LogP contribution in [0, 0.1) is 0 Å². The molecule has 4 aromatic rings. The second-order valence-corrected chi connectivity index (χ2v) is 11.1. The van der Waals surface area contributed by atoms with E-state index in [0.29, 0.717) is 29.5 Å². The third-order valence-electron chi connectivity index (χ3n) is 8.21. The van der Waals surface area contributed by atoms with Gasteiger partial charge in [0.15, 0.2) is 0 Å². The highest BCUT2D eigenvalue weighted by molar-refractivity contribution is 5.94. The van der Waals surface area contributed by atoms with Crippen molar-refractivity contribution in [2.75, 3.05) is 23.3 Å². The lowest BCUT2D eigenvalue weighted by molar-refractivity contribution is 0.100. The molecule has 212 valence electrons. The van der Waals surface area contributed by atoms with Crippen LogP contribution in [0.15, 0.2) is 66.9 Å². The molecular formula is C31H37N9O. The van der Waals surface area contributed by atoms with Gasteiger partial charge in [0.1, 0.15) is 5.82 Å². The zero-order valence-electron chi connectivity index (χ0n) is 23.4. The minimum atomic E-state index is -0.423. The van der Waals surface area contributed by atoms with Crippen LogP contribution in [0.25, 0.3) is 22.5 Å². The largest absolute Gasteiger partial charge is 0.370 e. The lowest BCUT2D eigenvalue weighted by Gasteiger charge is -2.40. The number of hydrogen-bond donors (Lipinski definition) is 3. The minimum Gasteiger partial charge on any atom is -0.370 e. The van der Waals surface area contributed by atoms with Crippen molar-refractivity contribution >= 4 is 17.4 Å². The molecule has 3 unspecified atom stereocenters. The third kappa shape index (κ3) is 6.38. The van der Waals surface area contributed by atoms with E-state index in [4.69, 9.17) is 5.73 Å². The van der Waals surface area contributed by atoms with Crippen LogP contribution in [0.1, 0.15) is 48.9 Å². The van der Waals surface area contributed by atoms with Crippen LogP contribution in [-0.4, -0.2) is 62.3 Å². The number of nitrogens with two attached hydrogens (primary N) is 1. The fraction of sp³-hybridized carbons (Fsp3) is 0.387. The highest BCUT2D eigenvalue weighted by atomic mass is 16.1. The van der Waals surface area contributed by atoms with E-state index in [9.17, 15) is 4.79 Å². The topological polar surface area (TPSA) is 127 Å². The molecule has 2 fully saturated rings. The molecule has 2 aromatic carbocycles. The number of amides is 1. The Morgan fingerprint density at radius 1 is 0.927 bits per heavy atom. The number of nitrogens with zero attached hydrogens (tertiary/aromatic N) is 6. The number of anilines is 2. The maximum atomic E-state index is 11.7. The number of primary amides is 1. The molecule has 1 saturated carbocycles. The van der Waals surface area contributed by atoms with Gasteiger partial charge in [-0.1, -0.05) is 25.0 Å². The molecular weight excluding hydrogens is 514 g/mol. The molecule has 1 aliphatic heterocycles. The molecule has 3 heterocycles. The van der Waals surface area contributed by atoms with Crippen molar-refractivity contribution in [2.24, 2.45) is 12.8 Å². The molecule has 4 N–H and O–H groups in total. The van der Waals surface area contributed by atoms with Crippen LogP contribution in [0.3, 0.4) is 0 Å². The van der Waals surface area contributed by atoms with Gasteiger partial charge in [-0.05, 0) is 90.6 Å². The number of tetrazole rings is 1. The molecule has 0 spiro atoms. The van der Waals surface area contributed by atoms with Gasteiger partial charge in [-0.25, -0.2) is 4.98 Å². The summed E-state index contributed by atoms with van der Waals surface area (Å²) in [6.45, 7) is 2.04. The van der Waals surface area contributed by atoms with Crippen LogP contribution in [-0.2, 0) is 7.05 Å². The Bertz CT molecular complexity index is 1480. The van der Waals surface area contributed by atoms with Crippen LogP contribution < -0.4 is 21.3 Å². The zero-order valence-corrected chi connectivity index (χ0v) is 23.4. The Morgan fingerprint density at radius 2 is 1.73 bits per heavy atom. The summed E-state index contributed by atoms with van der Waals surface area (Å²) in [7, 11) is 1.78. The molecule has 1 amide bonds. The van der Waals surface area contributed by atoms with Crippen molar-refractivity contribution in [2.45, 2.75) is 56.7 Å². The number of rotatable bonds is 8. The van der Waals surface area contributed by atoms with Gasteiger partial charge in [-0.2, -0.15) is 4.80 Å². The van der Waals surface area contributed by atoms with E-state index < -0.39 is 5.91 Å². The van der Waals surface area contributed by atoms with Gasteiger partial charge in [0.25, 0.3) is 0 Å². The Hall–Kier alpha value is -4.31. The number of carbonyl (C=O) groups excluding carboxylic acids is 1. The minimum absolute atomic E-state index is 0.303. The average Bonchev–Trinajstić information content (AvgIpc) is 3.45. The lowest BCUT2D eigenvalue weighted by Crippen LogP contribution is -2.54. The van der Waals surface area contributed by atoms with Crippen molar-refractivity contribution in [1.82, 2.24) is 30.5 Å². The summed E-state index contributed by atoms with van der Waals surface area (Å²) in [6.07, 6.45) is 8.85. The van der Waals surface area contributed by atoms with Crippen LogP contribution in [0.2, 0.25) is 0 Å². The first-order valence-corrected chi connectivity index (χ1v) is 14.5. The van der Waals surface area contributed by atoms with E-state index in [-0.39, 0.29) is 0 Å². The number of carbonyl (C=O) groups is 1. The molecule has 10 nitrogen and oxygen atoms in total. The first-order valence-electron chi connectivity index (χ1n) is 14.5. The van der Waals surface area contributed by atoms with E-state index in [2.05, 4.69) is 66.3 Å². The molecule has 2 aliphatic rings. The molecule has 0 bridgehead atoms. The summed E-state index contributed by atoms with van der Waals surface area (Å²) in [6, 6.07) is 21.0. The number of aromatic nitrogens is 5. The number of nitrogens with one attached hydrogen (secondary N) is 2. The molecule has 1 saturated heterocycles. The lowest BCUT2D eigenvalue weighted by atomic mass is 9.89. The van der Waals surface area contributed by atoms with E-state index in [1.807, 2.05) is 30.5 Å². The molecule has 0 radical (unpaired) electrons. The molecule has 10 heteroatoms. The van der Waals surface area contributed by atoms with Gasteiger partial charge in [-0.15, -0.1) is 10.2 Å². The first kappa shape index (κ1) is 26.9. The smallest absolute Gasteiger partial charge is 0.248 e. The SMILES string of the molecule is Cn1nnc(-c2ccc(N3CCCC(NC4CCCCC4Nc4cc(-c5cccc(C(N)=O)c5)ccn4)C3)cc2)n1. The van der Waals surface area contributed by atoms with E-state index in [1.165, 1.54) is 29.7 Å². The molecule has 41 heavy (non-hydrogen) atoms. The molecule has 2 aromatic heterocycles. The number of hydrogen-bond acceptors (Lipinski definition) is 8. The van der Waals surface area contributed by atoms with E-state index >= 15 is 0 Å². The summed E-state index contributed by atoms with van der Waals surface area (Å²) in [5.74, 6) is 1.08. The quantitative estimate of drug-likeness (QED) is 0.300. The van der Waals surface area contributed by atoms with Gasteiger partial charge >= 0.3 is 0 Å². The predicted octanol–water partition coefficient (Wildman–Crippen LogP) is 4.02. The molecule has 3 atom stereocenters. The Morgan fingerprint density at radius 3 is 2.51 bits per heavy atom. The number of benzene rings is 2. The summed E-state index contributed by atoms with van der Waals surface area (Å²) in [4.78, 5) is 20.2. The number of aryl methyl sites for hydroxylation is 1. The van der Waals surface area contributed by atoms with Gasteiger partial charge in [-0.3, -0.25) is 4.79 Å². The van der Waals surface area contributed by atoms with Crippen molar-refractivity contribution < 1.29 is 4.79 Å². The van der Waals surface area contributed by atoms with Crippen molar-refractivity contribution in [1.29, 1.82) is 0 Å². The molecule has 1 aliphatic carbocycles. The van der Waals surface area contributed by atoms with Crippen molar-refractivity contribution in [3.8, 4) is 22.5 Å². The van der Waals surface area contributed by atoms with Gasteiger partial charge in [0.2, 0.25) is 11.7 Å². The molecule has 6 rings (SSSR count). The van der Waals surface area contributed by atoms with Gasteiger partial charge < -0.3 is 21.3 Å². The van der Waals surface area contributed by atoms with Gasteiger partial charge in [0.05, 0.1) is 7.05 Å². The fourth-order valence-corrected chi connectivity index (χ4v) is 6.11. The normalized spacial score (nSPS) is 21.0. The second-order valence-electron chi connectivity index (χ2n) is 11.1.